The van der Waals surface area contributed by atoms with Gasteiger partial charge in [-0.25, -0.2) is 13.4 Å². The lowest BCUT2D eigenvalue weighted by Gasteiger charge is -2.15. The second-order valence-corrected chi connectivity index (χ2v) is 8.54. The number of rotatable bonds is 6. The number of aryl methyl sites for hydroxylation is 1. The van der Waals surface area contributed by atoms with Crippen LogP contribution < -0.4 is 5.32 Å². The Labute approximate surface area is 130 Å². The maximum Gasteiger partial charge on any atom is 0.152 e. The number of anilines is 1. The second kappa shape index (κ2) is 6.58. The highest BCUT2D eigenvalue weighted by atomic mass is 32.2. The van der Waals surface area contributed by atoms with E-state index in [1.165, 1.54) is 0 Å². The van der Waals surface area contributed by atoms with Gasteiger partial charge in [0.15, 0.2) is 9.84 Å². The molecule has 0 fully saturated rings. The fourth-order valence-corrected chi connectivity index (χ4v) is 3.79. The molecule has 0 spiro atoms. The molecule has 21 heavy (non-hydrogen) atoms. The van der Waals surface area contributed by atoms with E-state index >= 15 is 0 Å². The van der Waals surface area contributed by atoms with E-state index in [2.05, 4.69) is 10.3 Å². The maximum absolute atomic E-state index is 11.6. The fraction of sp³-hybridized carbons (Fsp3) is 0.400. The Bertz CT molecular complexity index is 708. The van der Waals surface area contributed by atoms with Crippen molar-refractivity contribution in [2.24, 2.45) is 0 Å². The molecule has 0 radical (unpaired) electrons. The Morgan fingerprint density at radius 1 is 1.38 bits per heavy atom. The lowest BCUT2D eigenvalue weighted by molar-refractivity contribution is 0.593. The molecule has 0 amide bonds. The maximum atomic E-state index is 11.6. The molecule has 0 aliphatic rings. The minimum atomic E-state index is -2.97. The molecule has 0 aliphatic carbocycles. The van der Waals surface area contributed by atoms with Crippen molar-refractivity contribution in [1.82, 2.24) is 4.98 Å². The zero-order valence-electron chi connectivity index (χ0n) is 12.5. The Morgan fingerprint density at radius 3 is 2.76 bits per heavy atom. The molecule has 2 rings (SSSR count). The zero-order valence-corrected chi connectivity index (χ0v) is 14.1. The van der Waals surface area contributed by atoms with Crippen LogP contribution in [-0.2, 0) is 9.84 Å². The van der Waals surface area contributed by atoms with Gasteiger partial charge in [-0.1, -0.05) is 19.1 Å². The quantitative estimate of drug-likeness (QED) is 0.885. The Balaban J connectivity index is 2.11. The SMILES string of the molecule is CCS(=O)(=O)CC(C)Nc1cccc(-c2csc(C)n2)c1. The second-order valence-electron chi connectivity index (χ2n) is 5.08. The first-order valence-corrected chi connectivity index (χ1v) is 9.59. The molecule has 0 bridgehead atoms. The van der Waals surface area contributed by atoms with Crippen molar-refractivity contribution in [2.45, 2.75) is 26.8 Å². The molecule has 1 aromatic carbocycles. The van der Waals surface area contributed by atoms with E-state index in [1.54, 1.807) is 18.3 Å². The molecule has 0 aliphatic heterocycles. The molecule has 1 atom stereocenters. The van der Waals surface area contributed by atoms with Gasteiger partial charge in [0.25, 0.3) is 0 Å². The summed E-state index contributed by atoms with van der Waals surface area (Å²) in [6.07, 6.45) is 0. The average Bonchev–Trinajstić information content (AvgIpc) is 2.85. The number of benzene rings is 1. The van der Waals surface area contributed by atoms with Crippen molar-refractivity contribution in [2.75, 3.05) is 16.8 Å². The number of sulfone groups is 1. The highest BCUT2D eigenvalue weighted by Gasteiger charge is 2.13. The number of hydrogen-bond acceptors (Lipinski definition) is 5. The van der Waals surface area contributed by atoms with E-state index in [4.69, 9.17) is 0 Å². The van der Waals surface area contributed by atoms with Gasteiger partial charge in [0.05, 0.1) is 16.5 Å². The molecule has 2 aromatic rings. The van der Waals surface area contributed by atoms with Crippen LogP contribution in [0.25, 0.3) is 11.3 Å². The molecule has 0 saturated carbocycles. The monoisotopic (exact) mass is 324 g/mol. The van der Waals surface area contributed by atoms with E-state index in [1.807, 2.05) is 43.5 Å². The van der Waals surface area contributed by atoms with Crippen molar-refractivity contribution < 1.29 is 8.42 Å². The standard InChI is InChI=1S/C15H20N2O2S2/c1-4-21(18,19)10-11(2)16-14-7-5-6-13(8-14)15-9-20-12(3)17-15/h5-9,11,16H,4,10H2,1-3H3. The molecule has 1 N–H and O–H groups in total. The molecular formula is C15H20N2O2S2. The molecule has 4 nitrogen and oxygen atoms in total. The molecule has 1 unspecified atom stereocenters. The summed E-state index contributed by atoms with van der Waals surface area (Å²) < 4.78 is 23.3. The summed E-state index contributed by atoms with van der Waals surface area (Å²) in [5, 5.41) is 6.31. The van der Waals surface area contributed by atoms with Crippen LogP contribution in [0.15, 0.2) is 29.6 Å². The third-order valence-corrected chi connectivity index (χ3v) is 5.80. The van der Waals surface area contributed by atoms with E-state index in [0.29, 0.717) is 0 Å². The van der Waals surface area contributed by atoms with Gasteiger partial charge in [0.2, 0.25) is 0 Å². The number of nitrogens with zero attached hydrogens (tertiary/aromatic N) is 1. The number of aromatic nitrogens is 1. The summed E-state index contributed by atoms with van der Waals surface area (Å²) in [7, 11) is -2.97. The fourth-order valence-electron chi connectivity index (χ4n) is 2.09. The predicted octanol–water partition coefficient (Wildman–Crippen LogP) is 3.35. The highest BCUT2D eigenvalue weighted by Crippen LogP contribution is 2.24. The normalized spacial score (nSPS) is 13.1. The number of nitrogens with one attached hydrogen (secondary N) is 1. The van der Waals surface area contributed by atoms with Crippen LogP contribution in [0.1, 0.15) is 18.9 Å². The summed E-state index contributed by atoms with van der Waals surface area (Å²) in [5.74, 6) is 0.320. The lowest BCUT2D eigenvalue weighted by Crippen LogP contribution is -2.26. The van der Waals surface area contributed by atoms with Crippen molar-refractivity contribution in [3.63, 3.8) is 0 Å². The average molecular weight is 324 g/mol. The van der Waals surface area contributed by atoms with Crippen LogP contribution in [0, 0.1) is 6.92 Å². The van der Waals surface area contributed by atoms with E-state index < -0.39 is 9.84 Å². The van der Waals surface area contributed by atoms with Gasteiger partial charge in [-0.2, -0.15) is 0 Å². The van der Waals surface area contributed by atoms with Gasteiger partial charge in [-0.3, -0.25) is 0 Å². The van der Waals surface area contributed by atoms with Crippen LogP contribution >= 0.6 is 11.3 Å². The summed E-state index contributed by atoms with van der Waals surface area (Å²) in [6.45, 7) is 5.54. The van der Waals surface area contributed by atoms with E-state index in [9.17, 15) is 8.42 Å². The third-order valence-electron chi connectivity index (χ3n) is 3.13. The molecule has 6 heteroatoms. The van der Waals surface area contributed by atoms with Crippen LogP contribution in [0.5, 0.6) is 0 Å². The van der Waals surface area contributed by atoms with Crippen LogP contribution in [0.3, 0.4) is 0 Å². The summed E-state index contributed by atoms with van der Waals surface area (Å²) >= 11 is 1.62. The van der Waals surface area contributed by atoms with E-state index in [-0.39, 0.29) is 17.5 Å². The summed E-state index contributed by atoms with van der Waals surface area (Å²) in [5.41, 5.74) is 2.90. The number of thiazole rings is 1. The summed E-state index contributed by atoms with van der Waals surface area (Å²) in [6, 6.07) is 7.78. The first-order valence-electron chi connectivity index (χ1n) is 6.89. The molecular weight excluding hydrogens is 304 g/mol. The zero-order chi connectivity index (χ0) is 15.5. The molecule has 1 aromatic heterocycles. The topological polar surface area (TPSA) is 59.1 Å². The third kappa shape index (κ3) is 4.54. The van der Waals surface area contributed by atoms with Crippen molar-refractivity contribution in [3.05, 3.63) is 34.7 Å². The lowest BCUT2D eigenvalue weighted by atomic mass is 10.1. The Morgan fingerprint density at radius 2 is 2.14 bits per heavy atom. The Kier molecular flexibility index (Phi) is 5.00. The van der Waals surface area contributed by atoms with Gasteiger partial charge in [0, 0.05) is 28.4 Å². The van der Waals surface area contributed by atoms with Crippen molar-refractivity contribution >= 4 is 26.9 Å². The van der Waals surface area contributed by atoms with Crippen molar-refractivity contribution in [3.8, 4) is 11.3 Å². The Hall–Kier alpha value is -1.40. The van der Waals surface area contributed by atoms with Gasteiger partial charge in [0.1, 0.15) is 0 Å². The van der Waals surface area contributed by atoms with Crippen LogP contribution in [0.2, 0.25) is 0 Å². The molecule has 114 valence electrons. The molecule has 1 heterocycles. The summed E-state index contributed by atoms with van der Waals surface area (Å²) in [4.78, 5) is 4.47. The first-order chi connectivity index (χ1) is 9.89. The predicted molar refractivity (Wildman–Crippen MR) is 89.7 cm³/mol. The smallest absolute Gasteiger partial charge is 0.152 e. The molecule has 0 saturated heterocycles. The van der Waals surface area contributed by atoms with Crippen LogP contribution in [0.4, 0.5) is 5.69 Å². The van der Waals surface area contributed by atoms with Gasteiger partial charge in [-0.05, 0) is 26.0 Å². The van der Waals surface area contributed by atoms with E-state index in [0.717, 1.165) is 22.0 Å². The first kappa shape index (κ1) is 16.0. The van der Waals surface area contributed by atoms with Gasteiger partial charge < -0.3 is 5.32 Å². The van der Waals surface area contributed by atoms with Crippen LogP contribution in [-0.4, -0.2) is 30.9 Å². The largest absolute Gasteiger partial charge is 0.382 e. The number of hydrogen-bond donors (Lipinski definition) is 1. The van der Waals surface area contributed by atoms with Crippen molar-refractivity contribution in [1.29, 1.82) is 0 Å². The highest BCUT2D eigenvalue weighted by molar-refractivity contribution is 7.91. The van der Waals surface area contributed by atoms with Gasteiger partial charge >= 0.3 is 0 Å². The minimum absolute atomic E-state index is 0.123. The van der Waals surface area contributed by atoms with Gasteiger partial charge in [-0.15, -0.1) is 11.3 Å². The minimum Gasteiger partial charge on any atom is -0.382 e.